The van der Waals surface area contributed by atoms with E-state index >= 15 is 0 Å². The molecule has 0 aromatic heterocycles. The zero-order valence-corrected chi connectivity index (χ0v) is 12.0. The maximum atomic E-state index is 5.99. The minimum absolute atomic E-state index is 0.399. The SMILES string of the molecule is CCCNC(C)CC(C)OCC1CCCCC1. The quantitative estimate of drug-likeness (QED) is 0.699. The van der Waals surface area contributed by atoms with Gasteiger partial charge in [-0.15, -0.1) is 0 Å². The van der Waals surface area contributed by atoms with Crippen LogP contribution in [0.4, 0.5) is 0 Å². The van der Waals surface area contributed by atoms with Crippen molar-refractivity contribution in [2.24, 2.45) is 5.92 Å². The van der Waals surface area contributed by atoms with Gasteiger partial charge >= 0.3 is 0 Å². The van der Waals surface area contributed by atoms with Gasteiger partial charge in [-0.25, -0.2) is 0 Å². The van der Waals surface area contributed by atoms with E-state index in [1.54, 1.807) is 0 Å². The molecule has 2 nitrogen and oxygen atoms in total. The van der Waals surface area contributed by atoms with Crippen LogP contribution in [0.3, 0.4) is 0 Å². The smallest absolute Gasteiger partial charge is 0.0561 e. The molecule has 0 aromatic rings. The second-order valence-corrected chi connectivity index (χ2v) is 5.74. The lowest BCUT2D eigenvalue weighted by Crippen LogP contribution is -2.31. The van der Waals surface area contributed by atoms with E-state index < -0.39 is 0 Å². The van der Waals surface area contributed by atoms with Crippen molar-refractivity contribution >= 4 is 0 Å². The van der Waals surface area contributed by atoms with Crippen LogP contribution in [0.5, 0.6) is 0 Å². The monoisotopic (exact) mass is 241 g/mol. The molecule has 2 unspecified atom stereocenters. The van der Waals surface area contributed by atoms with E-state index in [4.69, 9.17) is 4.74 Å². The molecule has 2 heteroatoms. The minimum atomic E-state index is 0.399. The van der Waals surface area contributed by atoms with E-state index in [1.807, 2.05) is 0 Å². The third-order valence-corrected chi connectivity index (χ3v) is 3.77. The van der Waals surface area contributed by atoms with Crippen molar-refractivity contribution in [3.8, 4) is 0 Å². The zero-order chi connectivity index (χ0) is 12.5. The third kappa shape index (κ3) is 7.05. The van der Waals surface area contributed by atoms with Gasteiger partial charge in [0.1, 0.15) is 0 Å². The van der Waals surface area contributed by atoms with Gasteiger partial charge in [0.05, 0.1) is 6.10 Å². The number of nitrogens with one attached hydrogen (secondary N) is 1. The van der Waals surface area contributed by atoms with Crippen LogP contribution in [0.1, 0.15) is 65.7 Å². The van der Waals surface area contributed by atoms with Crippen molar-refractivity contribution in [2.75, 3.05) is 13.2 Å². The summed E-state index contributed by atoms with van der Waals surface area (Å²) in [6, 6.07) is 0.580. The van der Waals surface area contributed by atoms with Crippen LogP contribution < -0.4 is 5.32 Å². The van der Waals surface area contributed by atoms with E-state index in [1.165, 1.54) is 38.5 Å². The molecule has 1 aliphatic carbocycles. The van der Waals surface area contributed by atoms with E-state index in [9.17, 15) is 0 Å². The van der Waals surface area contributed by atoms with Crippen LogP contribution in [0.15, 0.2) is 0 Å². The molecule has 102 valence electrons. The summed E-state index contributed by atoms with van der Waals surface area (Å²) in [5.74, 6) is 0.838. The topological polar surface area (TPSA) is 21.3 Å². The van der Waals surface area contributed by atoms with Crippen LogP contribution in [0.2, 0.25) is 0 Å². The largest absolute Gasteiger partial charge is 0.378 e. The molecule has 0 aliphatic heterocycles. The Morgan fingerprint density at radius 1 is 1.18 bits per heavy atom. The highest BCUT2D eigenvalue weighted by Crippen LogP contribution is 2.24. The molecule has 0 aromatic carbocycles. The Balaban J connectivity index is 2.05. The summed E-state index contributed by atoms with van der Waals surface area (Å²) < 4.78 is 5.99. The van der Waals surface area contributed by atoms with Gasteiger partial charge in [0.2, 0.25) is 0 Å². The summed E-state index contributed by atoms with van der Waals surface area (Å²) in [7, 11) is 0. The van der Waals surface area contributed by atoms with Gasteiger partial charge in [0.25, 0.3) is 0 Å². The lowest BCUT2D eigenvalue weighted by atomic mass is 9.90. The molecule has 1 aliphatic rings. The second kappa shape index (κ2) is 8.93. The highest BCUT2D eigenvalue weighted by Gasteiger charge is 2.15. The number of rotatable bonds is 8. The van der Waals surface area contributed by atoms with Gasteiger partial charge in [0.15, 0.2) is 0 Å². The first kappa shape index (κ1) is 15.0. The summed E-state index contributed by atoms with van der Waals surface area (Å²) in [5.41, 5.74) is 0. The molecule has 2 atom stereocenters. The molecule has 0 radical (unpaired) electrons. The minimum Gasteiger partial charge on any atom is -0.378 e. The number of hydrogen-bond acceptors (Lipinski definition) is 2. The molecule has 0 spiro atoms. The second-order valence-electron chi connectivity index (χ2n) is 5.74. The summed E-state index contributed by atoms with van der Waals surface area (Å²) in [6.45, 7) is 8.80. The van der Waals surface area contributed by atoms with Crippen LogP contribution in [0.25, 0.3) is 0 Å². The average Bonchev–Trinajstić information content (AvgIpc) is 2.35. The molecular weight excluding hydrogens is 210 g/mol. The fourth-order valence-corrected chi connectivity index (χ4v) is 2.69. The molecule has 1 fully saturated rings. The van der Waals surface area contributed by atoms with Gasteiger partial charge < -0.3 is 10.1 Å². The normalized spacial score (nSPS) is 21.4. The predicted molar refractivity (Wildman–Crippen MR) is 74.4 cm³/mol. The van der Waals surface area contributed by atoms with Crippen molar-refractivity contribution in [1.29, 1.82) is 0 Å². The van der Waals surface area contributed by atoms with E-state index in [-0.39, 0.29) is 0 Å². The maximum absolute atomic E-state index is 5.99. The predicted octanol–water partition coefficient (Wildman–Crippen LogP) is 3.75. The molecule has 1 rings (SSSR count). The van der Waals surface area contributed by atoms with Crippen molar-refractivity contribution < 1.29 is 4.74 Å². The summed E-state index contributed by atoms with van der Waals surface area (Å²) in [6.07, 6.45) is 9.77. The van der Waals surface area contributed by atoms with Crippen LogP contribution in [0, 0.1) is 5.92 Å². The van der Waals surface area contributed by atoms with Crippen LogP contribution in [-0.4, -0.2) is 25.3 Å². The highest BCUT2D eigenvalue weighted by atomic mass is 16.5. The van der Waals surface area contributed by atoms with Crippen molar-refractivity contribution in [3.05, 3.63) is 0 Å². The van der Waals surface area contributed by atoms with Crippen molar-refractivity contribution in [2.45, 2.75) is 77.9 Å². The summed E-state index contributed by atoms with van der Waals surface area (Å²) >= 11 is 0. The molecule has 0 heterocycles. The lowest BCUT2D eigenvalue weighted by molar-refractivity contribution is 0.0222. The highest BCUT2D eigenvalue weighted by molar-refractivity contribution is 4.68. The molecular formula is C15H31NO. The Hall–Kier alpha value is -0.0800. The molecule has 0 bridgehead atoms. The fraction of sp³-hybridized carbons (Fsp3) is 1.00. The van der Waals surface area contributed by atoms with Gasteiger partial charge in [-0.3, -0.25) is 0 Å². The first-order valence-corrected chi connectivity index (χ1v) is 7.57. The number of hydrogen-bond donors (Lipinski definition) is 1. The van der Waals surface area contributed by atoms with Crippen molar-refractivity contribution in [3.63, 3.8) is 0 Å². The molecule has 17 heavy (non-hydrogen) atoms. The van der Waals surface area contributed by atoms with Crippen LogP contribution in [-0.2, 0) is 4.74 Å². The molecule has 0 amide bonds. The van der Waals surface area contributed by atoms with Gasteiger partial charge in [-0.05, 0) is 52.0 Å². The van der Waals surface area contributed by atoms with Gasteiger partial charge in [-0.1, -0.05) is 26.2 Å². The van der Waals surface area contributed by atoms with Crippen molar-refractivity contribution in [1.82, 2.24) is 5.32 Å². The Morgan fingerprint density at radius 2 is 1.88 bits per heavy atom. The maximum Gasteiger partial charge on any atom is 0.0561 e. The zero-order valence-electron chi connectivity index (χ0n) is 12.0. The molecule has 0 saturated heterocycles. The average molecular weight is 241 g/mol. The lowest BCUT2D eigenvalue weighted by Gasteiger charge is -2.25. The molecule has 1 saturated carbocycles. The Kier molecular flexibility index (Phi) is 7.87. The number of ether oxygens (including phenoxy) is 1. The Bertz CT molecular complexity index is 178. The summed E-state index contributed by atoms with van der Waals surface area (Å²) in [4.78, 5) is 0. The van der Waals surface area contributed by atoms with Gasteiger partial charge in [0, 0.05) is 12.6 Å². The first-order valence-electron chi connectivity index (χ1n) is 7.57. The third-order valence-electron chi connectivity index (χ3n) is 3.77. The van der Waals surface area contributed by atoms with Crippen LogP contribution >= 0.6 is 0 Å². The summed E-state index contributed by atoms with van der Waals surface area (Å²) in [5, 5.41) is 3.52. The van der Waals surface area contributed by atoms with E-state index in [2.05, 4.69) is 26.1 Å². The van der Waals surface area contributed by atoms with Gasteiger partial charge in [-0.2, -0.15) is 0 Å². The standard InChI is InChI=1S/C15H31NO/c1-4-10-16-13(2)11-14(3)17-12-15-8-6-5-7-9-15/h13-16H,4-12H2,1-3H3. The fourth-order valence-electron chi connectivity index (χ4n) is 2.69. The van der Waals surface area contributed by atoms with E-state index in [0.29, 0.717) is 12.1 Å². The Labute approximate surface area is 108 Å². The first-order chi connectivity index (χ1) is 8.22. The van der Waals surface area contributed by atoms with E-state index in [0.717, 1.165) is 25.5 Å². The molecule has 1 N–H and O–H groups in total. The Morgan fingerprint density at radius 3 is 2.53 bits per heavy atom.